The molecule has 3 heterocycles. The molecule has 3 aliphatic rings. The molecule has 2 saturated heterocycles. The number of fused-ring (bicyclic) bond motifs is 4. The lowest BCUT2D eigenvalue weighted by atomic mass is 9.73. The second-order valence-corrected chi connectivity index (χ2v) is 9.87. The molecule has 27 heavy (non-hydrogen) atoms. The van der Waals surface area contributed by atoms with Crippen molar-refractivity contribution in [2.75, 3.05) is 13.1 Å². The number of rotatable bonds is 2. The summed E-state index contributed by atoms with van der Waals surface area (Å²) in [5, 5.41) is 9.23. The van der Waals surface area contributed by atoms with E-state index in [0.29, 0.717) is 0 Å². The average molecular weight is 373 g/mol. The number of carboxylic acid groups (broad SMARTS) is 1. The van der Waals surface area contributed by atoms with Crippen LogP contribution in [0.2, 0.25) is 0 Å². The molecular weight excluding hydrogens is 342 g/mol. The molecule has 0 bridgehead atoms. The van der Waals surface area contributed by atoms with Crippen molar-refractivity contribution in [1.82, 2.24) is 4.90 Å². The van der Waals surface area contributed by atoms with Gasteiger partial charge in [-0.25, -0.2) is 0 Å². The van der Waals surface area contributed by atoms with Gasteiger partial charge in [-0.1, -0.05) is 26.8 Å². The van der Waals surface area contributed by atoms with Crippen LogP contribution in [0.5, 0.6) is 5.75 Å². The lowest BCUT2D eigenvalue weighted by molar-refractivity contribution is -0.164. The van der Waals surface area contributed by atoms with Gasteiger partial charge < -0.3 is 14.6 Å². The predicted octanol–water partition coefficient (Wildman–Crippen LogP) is 3.76. The number of likely N-dealkylation sites (tertiary alicyclic amines) is 1. The fourth-order valence-corrected chi connectivity index (χ4v) is 5.01. The number of ether oxygens (including phenoxy) is 2. The van der Waals surface area contributed by atoms with Crippen LogP contribution in [0.25, 0.3) is 0 Å². The minimum absolute atomic E-state index is 0.0112. The Kier molecular flexibility index (Phi) is 4.32. The first-order valence-electron chi connectivity index (χ1n) is 10.0. The number of hydrogen-bond donors (Lipinski definition) is 1. The molecule has 0 amide bonds. The van der Waals surface area contributed by atoms with Gasteiger partial charge in [-0.3, -0.25) is 9.69 Å². The SMILES string of the molecule is CC(C)(C)c1ccc2c(c1)[C@@H]1O[C@@H]3CCN(CC(=O)O)[C@H]3C[C@H]1C(C)(C)O2. The summed E-state index contributed by atoms with van der Waals surface area (Å²) in [6.07, 6.45) is 1.92. The summed E-state index contributed by atoms with van der Waals surface area (Å²) in [5.74, 6) is 0.362. The fourth-order valence-electron chi connectivity index (χ4n) is 5.01. The summed E-state index contributed by atoms with van der Waals surface area (Å²) in [6.45, 7) is 11.8. The molecule has 0 aliphatic carbocycles. The minimum atomic E-state index is -0.767. The Balaban J connectivity index is 1.68. The molecule has 0 saturated carbocycles. The van der Waals surface area contributed by atoms with E-state index >= 15 is 0 Å². The molecular formula is C22H31NO4. The highest BCUT2D eigenvalue weighted by Crippen LogP contribution is 2.53. The largest absolute Gasteiger partial charge is 0.487 e. The summed E-state index contributed by atoms with van der Waals surface area (Å²) < 4.78 is 13.0. The number of hydrogen-bond acceptors (Lipinski definition) is 4. The third kappa shape index (κ3) is 3.25. The van der Waals surface area contributed by atoms with Crippen LogP contribution in [-0.4, -0.2) is 46.8 Å². The molecule has 5 nitrogen and oxygen atoms in total. The van der Waals surface area contributed by atoms with E-state index in [4.69, 9.17) is 9.47 Å². The van der Waals surface area contributed by atoms with Gasteiger partial charge in [0.2, 0.25) is 0 Å². The maximum Gasteiger partial charge on any atom is 0.317 e. The molecule has 0 unspecified atom stereocenters. The smallest absolute Gasteiger partial charge is 0.317 e. The first-order valence-corrected chi connectivity index (χ1v) is 10.0. The Labute approximate surface area is 161 Å². The Morgan fingerprint density at radius 3 is 2.74 bits per heavy atom. The zero-order chi connectivity index (χ0) is 19.6. The summed E-state index contributed by atoms with van der Waals surface area (Å²) in [5.41, 5.74) is 2.17. The molecule has 5 heteroatoms. The third-order valence-electron chi connectivity index (χ3n) is 6.57. The standard InChI is InChI=1S/C22H31NO4/c1-21(2,3)13-6-7-17-14(10-13)20-15(22(4,5)27-17)11-16-18(26-20)8-9-23(16)12-19(24)25/h6-7,10,15-16,18,20H,8-9,11-12H2,1-5H3,(H,24,25)/t15-,16+,18-,20+/m1/s1. The van der Waals surface area contributed by atoms with Gasteiger partial charge in [0, 0.05) is 24.1 Å². The van der Waals surface area contributed by atoms with Crippen LogP contribution in [0, 0.1) is 5.92 Å². The Bertz CT molecular complexity index is 751. The maximum atomic E-state index is 11.2. The van der Waals surface area contributed by atoms with E-state index in [1.165, 1.54) is 5.56 Å². The average Bonchev–Trinajstić information content (AvgIpc) is 2.93. The van der Waals surface area contributed by atoms with E-state index < -0.39 is 5.97 Å². The first kappa shape index (κ1) is 18.8. The van der Waals surface area contributed by atoms with Crippen LogP contribution in [0.4, 0.5) is 0 Å². The van der Waals surface area contributed by atoms with Crippen LogP contribution in [-0.2, 0) is 14.9 Å². The van der Waals surface area contributed by atoms with Crippen molar-refractivity contribution < 1.29 is 19.4 Å². The highest BCUT2D eigenvalue weighted by atomic mass is 16.5. The summed E-state index contributed by atoms with van der Waals surface area (Å²) >= 11 is 0. The Hall–Kier alpha value is -1.59. The number of benzene rings is 1. The predicted molar refractivity (Wildman–Crippen MR) is 103 cm³/mol. The van der Waals surface area contributed by atoms with E-state index in [1.807, 2.05) is 0 Å². The van der Waals surface area contributed by atoms with Gasteiger partial charge in [-0.05, 0) is 49.8 Å². The van der Waals surface area contributed by atoms with Crippen LogP contribution in [0.3, 0.4) is 0 Å². The highest BCUT2D eigenvalue weighted by Gasteiger charge is 2.53. The van der Waals surface area contributed by atoms with Crippen molar-refractivity contribution >= 4 is 5.97 Å². The van der Waals surface area contributed by atoms with E-state index in [2.05, 4.69) is 57.7 Å². The van der Waals surface area contributed by atoms with Crippen LogP contribution in [0.15, 0.2) is 18.2 Å². The molecule has 0 aromatic heterocycles. The van der Waals surface area contributed by atoms with Gasteiger partial charge in [0.25, 0.3) is 0 Å². The molecule has 1 N–H and O–H groups in total. The highest BCUT2D eigenvalue weighted by molar-refractivity contribution is 5.69. The first-order chi connectivity index (χ1) is 12.6. The van der Waals surface area contributed by atoms with Gasteiger partial charge in [0.05, 0.1) is 18.8 Å². The summed E-state index contributed by atoms with van der Waals surface area (Å²) in [4.78, 5) is 13.3. The fraction of sp³-hybridized carbons (Fsp3) is 0.682. The van der Waals surface area contributed by atoms with Gasteiger partial charge in [-0.15, -0.1) is 0 Å². The van der Waals surface area contributed by atoms with Crippen molar-refractivity contribution in [3.63, 3.8) is 0 Å². The van der Waals surface area contributed by atoms with Gasteiger partial charge in [-0.2, -0.15) is 0 Å². The Morgan fingerprint density at radius 2 is 2.07 bits per heavy atom. The molecule has 4 rings (SSSR count). The molecule has 3 aliphatic heterocycles. The zero-order valence-corrected chi connectivity index (χ0v) is 17.0. The quantitative estimate of drug-likeness (QED) is 0.855. The normalized spacial score (nSPS) is 32.2. The van der Waals surface area contributed by atoms with Gasteiger partial charge in [0.1, 0.15) is 11.4 Å². The van der Waals surface area contributed by atoms with Crippen molar-refractivity contribution in [1.29, 1.82) is 0 Å². The monoisotopic (exact) mass is 373 g/mol. The second-order valence-electron chi connectivity index (χ2n) is 9.87. The second kappa shape index (κ2) is 6.21. The molecule has 0 radical (unpaired) electrons. The molecule has 1 aromatic rings. The van der Waals surface area contributed by atoms with E-state index in [9.17, 15) is 9.90 Å². The van der Waals surface area contributed by atoms with E-state index in [1.54, 1.807) is 0 Å². The van der Waals surface area contributed by atoms with Crippen LogP contribution < -0.4 is 4.74 Å². The number of carbonyl (C=O) groups is 1. The zero-order valence-electron chi connectivity index (χ0n) is 17.0. The van der Waals surface area contributed by atoms with Crippen molar-refractivity contribution in [2.45, 2.75) is 76.7 Å². The molecule has 4 atom stereocenters. The Morgan fingerprint density at radius 1 is 1.33 bits per heavy atom. The maximum absolute atomic E-state index is 11.2. The van der Waals surface area contributed by atoms with E-state index in [-0.39, 0.29) is 41.7 Å². The van der Waals surface area contributed by atoms with Crippen LogP contribution in [0.1, 0.15) is 64.7 Å². The van der Waals surface area contributed by atoms with Crippen molar-refractivity contribution in [3.05, 3.63) is 29.3 Å². The van der Waals surface area contributed by atoms with Gasteiger partial charge >= 0.3 is 5.97 Å². The third-order valence-corrected chi connectivity index (χ3v) is 6.57. The molecule has 148 valence electrons. The van der Waals surface area contributed by atoms with Crippen LogP contribution >= 0.6 is 0 Å². The van der Waals surface area contributed by atoms with Crippen molar-refractivity contribution in [2.24, 2.45) is 5.92 Å². The number of carboxylic acids is 1. The lowest BCUT2D eigenvalue weighted by Crippen LogP contribution is -2.54. The number of nitrogens with zero attached hydrogens (tertiary/aromatic N) is 1. The minimum Gasteiger partial charge on any atom is -0.487 e. The summed E-state index contributed by atoms with van der Waals surface area (Å²) in [6, 6.07) is 6.67. The molecule has 0 spiro atoms. The summed E-state index contributed by atoms with van der Waals surface area (Å²) in [7, 11) is 0. The number of aliphatic carboxylic acids is 1. The van der Waals surface area contributed by atoms with E-state index in [0.717, 1.165) is 30.7 Å². The van der Waals surface area contributed by atoms with Gasteiger partial charge in [0.15, 0.2) is 0 Å². The molecule has 2 fully saturated rings. The topological polar surface area (TPSA) is 59.0 Å². The lowest BCUT2D eigenvalue weighted by Gasteiger charge is -2.51. The van der Waals surface area contributed by atoms with Crippen molar-refractivity contribution in [3.8, 4) is 5.75 Å². The molecule has 1 aromatic carbocycles.